The highest BCUT2D eigenvalue weighted by atomic mass is 35.5. The van der Waals surface area contributed by atoms with Gasteiger partial charge in [-0.05, 0) is 49.1 Å². The van der Waals surface area contributed by atoms with Crippen molar-refractivity contribution in [2.75, 3.05) is 31.5 Å². The van der Waals surface area contributed by atoms with Gasteiger partial charge in [0.15, 0.2) is 13.1 Å². The number of hydrogen-bond donors (Lipinski definition) is 2. The quantitative estimate of drug-likeness (QED) is 0.780. The van der Waals surface area contributed by atoms with Crippen LogP contribution in [0.2, 0.25) is 5.02 Å². The van der Waals surface area contributed by atoms with Gasteiger partial charge in [0.2, 0.25) is 0 Å². The normalized spacial score (nSPS) is 14.3. The van der Waals surface area contributed by atoms with E-state index >= 15 is 0 Å². The Morgan fingerprint density at radius 2 is 1.89 bits per heavy atom. The van der Waals surface area contributed by atoms with Crippen LogP contribution in [0.5, 0.6) is 0 Å². The third-order valence-corrected chi connectivity index (χ3v) is 5.50. The molecule has 2 aromatic rings. The van der Waals surface area contributed by atoms with E-state index in [9.17, 15) is 9.59 Å². The third kappa shape index (κ3) is 5.12. The lowest BCUT2D eigenvalue weighted by Gasteiger charge is -2.29. The fourth-order valence-corrected chi connectivity index (χ4v) is 3.67. The second-order valence-corrected chi connectivity index (χ2v) is 7.73. The summed E-state index contributed by atoms with van der Waals surface area (Å²) in [4.78, 5) is 28.1. The predicted octanol–water partition coefficient (Wildman–Crippen LogP) is 2.08. The number of benzene rings is 2. The van der Waals surface area contributed by atoms with Gasteiger partial charge in [-0.15, -0.1) is 0 Å². The molecule has 0 radical (unpaired) electrons. The number of fused-ring (bicyclic) bond motifs is 1. The van der Waals surface area contributed by atoms with Crippen LogP contribution in [0.4, 0.5) is 5.69 Å². The number of aryl methyl sites for hydroxylation is 1. The van der Waals surface area contributed by atoms with Gasteiger partial charge in [-0.3, -0.25) is 9.59 Å². The Balaban J connectivity index is 1.56. The number of carbonyl (C=O) groups is 2. The van der Waals surface area contributed by atoms with E-state index in [4.69, 9.17) is 11.6 Å². The second kappa shape index (κ2) is 9.22. The predicted molar refractivity (Wildman–Crippen MR) is 112 cm³/mol. The summed E-state index contributed by atoms with van der Waals surface area (Å²) in [5.74, 6) is -0.0166. The molecule has 28 heavy (non-hydrogen) atoms. The topological polar surface area (TPSA) is 53.9 Å². The van der Waals surface area contributed by atoms with Crippen LogP contribution in [0, 0.1) is 6.92 Å². The number of halogens is 1. The maximum absolute atomic E-state index is 12.8. The molecule has 1 aliphatic rings. The molecule has 5 nitrogen and oxygen atoms in total. The Hall–Kier alpha value is -2.37. The Morgan fingerprint density at radius 3 is 2.64 bits per heavy atom. The summed E-state index contributed by atoms with van der Waals surface area (Å²) >= 11 is 6.02. The van der Waals surface area contributed by atoms with Crippen LogP contribution in [0.1, 0.15) is 23.6 Å². The average molecular weight is 401 g/mol. The minimum Gasteiger partial charge on any atom is -0.333 e. The lowest BCUT2D eigenvalue weighted by Crippen LogP contribution is -3.14. The van der Waals surface area contributed by atoms with Gasteiger partial charge in [0.25, 0.3) is 11.8 Å². The summed E-state index contributed by atoms with van der Waals surface area (Å²) in [7, 11) is 0. The molecule has 1 heterocycles. The van der Waals surface area contributed by atoms with Gasteiger partial charge in [-0.2, -0.15) is 0 Å². The van der Waals surface area contributed by atoms with Gasteiger partial charge in [0.05, 0.1) is 6.54 Å². The molecule has 0 aliphatic carbocycles. The highest BCUT2D eigenvalue weighted by Crippen LogP contribution is 2.20. The summed E-state index contributed by atoms with van der Waals surface area (Å²) in [6.07, 6.45) is 0.887. The zero-order valence-corrected chi connectivity index (χ0v) is 17.2. The van der Waals surface area contributed by atoms with E-state index in [0.717, 1.165) is 23.4 Å². The first-order valence-corrected chi connectivity index (χ1v) is 10.1. The molecule has 0 saturated carbocycles. The van der Waals surface area contributed by atoms with Crippen LogP contribution in [-0.2, 0) is 22.6 Å². The van der Waals surface area contributed by atoms with Crippen LogP contribution >= 0.6 is 11.6 Å². The molecule has 1 unspecified atom stereocenters. The summed E-state index contributed by atoms with van der Waals surface area (Å²) < 4.78 is 0. The maximum Gasteiger partial charge on any atom is 0.279 e. The molecule has 1 aliphatic heterocycles. The largest absolute Gasteiger partial charge is 0.333 e. The van der Waals surface area contributed by atoms with Crippen molar-refractivity contribution < 1.29 is 14.5 Å². The third-order valence-electron chi connectivity index (χ3n) is 5.27. The van der Waals surface area contributed by atoms with E-state index in [-0.39, 0.29) is 18.4 Å². The Morgan fingerprint density at radius 1 is 1.14 bits per heavy atom. The zero-order chi connectivity index (χ0) is 20.1. The fourth-order valence-electron chi connectivity index (χ4n) is 3.50. The van der Waals surface area contributed by atoms with Crippen LogP contribution in [0.25, 0.3) is 0 Å². The fraction of sp³-hybridized carbons (Fsp3) is 0.364. The van der Waals surface area contributed by atoms with Crippen molar-refractivity contribution in [3.05, 3.63) is 64.2 Å². The number of amides is 2. The van der Waals surface area contributed by atoms with Crippen molar-refractivity contribution >= 4 is 29.1 Å². The highest BCUT2D eigenvalue weighted by molar-refractivity contribution is 6.31. The number of nitrogens with zero attached hydrogens (tertiary/aromatic N) is 1. The molecule has 0 aromatic heterocycles. The van der Waals surface area contributed by atoms with Crippen LogP contribution in [-0.4, -0.2) is 42.9 Å². The molecule has 3 rings (SSSR count). The second-order valence-electron chi connectivity index (χ2n) is 7.30. The minimum absolute atomic E-state index is 0.0955. The van der Waals surface area contributed by atoms with E-state index in [1.165, 1.54) is 11.1 Å². The van der Waals surface area contributed by atoms with Crippen LogP contribution in [0.15, 0.2) is 42.5 Å². The van der Waals surface area contributed by atoms with E-state index < -0.39 is 0 Å². The lowest BCUT2D eigenvalue weighted by molar-refractivity contribution is -0.882. The van der Waals surface area contributed by atoms with Crippen molar-refractivity contribution in [1.82, 2.24) is 4.90 Å². The Kier molecular flexibility index (Phi) is 6.70. The number of anilines is 1. The molecule has 1 atom stereocenters. The van der Waals surface area contributed by atoms with E-state index in [1.807, 2.05) is 36.9 Å². The molecular formula is C22H27ClN3O2+. The lowest BCUT2D eigenvalue weighted by atomic mass is 10.00. The van der Waals surface area contributed by atoms with Gasteiger partial charge in [0, 0.05) is 23.8 Å². The van der Waals surface area contributed by atoms with Crippen molar-refractivity contribution in [2.45, 2.75) is 26.8 Å². The SMILES string of the molecule is CC[NH+](CC(=O)Nc1cc(Cl)ccc1C)CC(=O)N1CCc2ccccc2C1. The summed E-state index contributed by atoms with van der Waals surface area (Å²) in [5.41, 5.74) is 4.21. The first-order chi connectivity index (χ1) is 13.5. The molecule has 0 bridgehead atoms. The van der Waals surface area contributed by atoms with E-state index in [0.29, 0.717) is 30.3 Å². The maximum atomic E-state index is 12.8. The standard InChI is InChI=1S/C22H26ClN3O2/c1-3-25(14-21(27)24-20-12-19(23)9-8-16(20)2)15-22(28)26-11-10-17-6-4-5-7-18(17)13-26/h4-9,12H,3,10-11,13-15H2,1-2H3,(H,24,27)/p+1. The van der Waals surface area contributed by atoms with Crippen LogP contribution in [0.3, 0.4) is 0 Å². The Bertz CT molecular complexity index is 869. The van der Waals surface area contributed by atoms with Gasteiger partial charge in [-0.25, -0.2) is 0 Å². The summed E-state index contributed by atoms with van der Waals surface area (Å²) in [6.45, 7) is 6.58. The van der Waals surface area contributed by atoms with Crippen molar-refractivity contribution in [1.29, 1.82) is 0 Å². The molecule has 0 spiro atoms. The molecule has 2 N–H and O–H groups in total. The van der Waals surface area contributed by atoms with Crippen molar-refractivity contribution in [3.63, 3.8) is 0 Å². The molecule has 0 fully saturated rings. The van der Waals surface area contributed by atoms with Gasteiger partial charge < -0.3 is 15.1 Å². The molecule has 2 aromatic carbocycles. The molecule has 0 saturated heterocycles. The first-order valence-electron chi connectivity index (χ1n) is 9.70. The molecule has 2 amide bonds. The first kappa shape index (κ1) is 20.4. The molecule has 148 valence electrons. The number of rotatable bonds is 6. The molecule has 6 heteroatoms. The van der Waals surface area contributed by atoms with Crippen molar-refractivity contribution in [3.8, 4) is 0 Å². The van der Waals surface area contributed by atoms with E-state index in [2.05, 4.69) is 17.4 Å². The minimum atomic E-state index is -0.112. The average Bonchev–Trinajstić information content (AvgIpc) is 2.69. The van der Waals surface area contributed by atoms with Crippen LogP contribution < -0.4 is 10.2 Å². The summed E-state index contributed by atoms with van der Waals surface area (Å²) in [5, 5.41) is 3.50. The van der Waals surface area contributed by atoms with Gasteiger partial charge in [-0.1, -0.05) is 41.9 Å². The highest BCUT2D eigenvalue weighted by Gasteiger charge is 2.24. The monoisotopic (exact) mass is 400 g/mol. The summed E-state index contributed by atoms with van der Waals surface area (Å²) in [6, 6.07) is 13.7. The van der Waals surface area contributed by atoms with E-state index in [1.54, 1.807) is 12.1 Å². The zero-order valence-electron chi connectivity index (χ0n) is 16.4. The Labute approximate surface area is 171 Å². The number of carbonyl (C=O) groups excluding carboxylic acids is 2. The number of quaternary nitrogens is 1. The van der Waals surface area contributed by atoms with Gasteiger partial charge >= 0.3 is 0 Å². The number of likely N-dealkylation sites (N-methyl/N-ethyl adjacent to an activating group) is 1. The van der Waals surface area contributed by atoms with Crippen molar-refractivity contribution in [2.24, 2.45) is 0 Å². The smallest absolute Gasteiger partial charge is 0.279 e. The number of hydrogen-bond acceptors (Lipinski definition) is 2. The number of nitrogens with one attached hydrogen (secondary N) is 2. The molecular weight excluding hydrogens is 374 g/mol. The van der Waals surface area contributed by atoms with Gasteiger partial charge in [0.1, 0.15) is 0 Å².